The number of carbonyl (C=O) groups is 1. The van der Waals surface area contributed by atoms with Crippen molar-refractivity contribution in [3.05, 3.63) is 77.8 Å². The van der Waals surface area contributed by atoms with Gasteiger partial charge < -0.3 is 9.64 Å². The molecule has 1 aliphatic heterocycles. The van der Waals surface area contributed by atoms with Crippen molar-refractivity contribution in [3.63, 3.8) is 0 Å². The first-order valence-electron chi connectivity index (χ1n) is 8.98. The first-order valence-corrected chi connectivity index (χ1v) is 8.98. The average molecular weight is 390 g/mol. The molecule has 0 aliphatic carbocycles. The molecule has 0 aromatic heterocycles. The first-order chi connectivity index (χ1) is 13.5. The summed E-state index contributed by atoms with van der Waals surface area (Å²) >= 11 is 0. The highest BCUT2D eigenvalue weighted by Crippen LogP contribution is 2.16. The molecule has 0 N–H and O–H groups in total. The maximum atomic E-state index is 13.0. The fraction of sp³-hybridized carbons (Fsp3) is 0.286. The van der Waals surface area contributed by atoms with Gasteiger partial charge in [-0.3, -0.25) is 9.69 Å². The molecule has 2 aromatic rings. The molecular formula is C21H21F3N2O2. The Hall–Kier alpha value is -2.80. The number of nitrogens with zero attached hydrogens (tertiary/aromatic N) is 2. The van der Waals surface area contributed by atoms with Gasteiger partial charge in [0.25, 0.3) is 0 Å². The number of carbonyl (C=O) groups excluding carboxylic acids is 1. The van der Waals surface area contributed by atoms with Crippen LogP contribution in [0.5, 0.6) is 5.75 Å². The molecule has 0 amide bonds. The van der Waals surface area contributed by atoms with E-state index in [1.807, 2.05) is 0 Å². The van der Waals surface area contributed by atoms with Crippen molar-refractivity contribution in [2.45, 2.75) is 13.2 Å². The fourth-order valence-electron chi connectivity index (χ4n) is 2.99. The lowest BCUT2D eigenvalue weighted by Gasteiger charge is -2.34. The Morgan fingerprint density at radius 2 is 1.64 bits per heavy atom. The molecule has 1 aliphatic rings. The largest absolute Gasteiger partial charge is 0.435 e. The molecule has 1 heterocycles. The molecule has 0 radical (unpaired) electrons. The normalized spacial score (nSPS) is 15.4. The quantitative estimate of drug-likeness (QED) is 0.530. The van der Waals surface area contributed by atoms with Gasteiger partial charge in [-0.25, -0.2) is 4.39 Å². The van der Waals surface area contributed by atoms with E-state index in [0.717, 1.165) is 38.3 Å². The van der Waals surface area contributed by atoms with Gasteiger partial charge in [-0.1, -0.05) is 12.1 Å². The Labute approximate surface area is 161 Å². The minimum absolute atomic E-state index is 0.0211. The molecule has 1 saturated heterocycles. The first kappa shape index (κ1) is 19.9. The molecule has 4 nitrogen and oxygen atoms in total. The van der Waals surface area contributed by atoms with Crippen LogP contribution in [0.15, 0.2) is 60.8 Å². The van der Waals surface area contributed by atoms with Gasteiger partial charge in [0.2, 0.25) is 0 Å². The number of hydrogen-bond donors (Lipinski definition) is 0. The second-order valence-electron chi connectivity index (χ2n) is 6.52. The van der Waals surface area contributed by atoms with Crippen LogP contribution in [0.4, 0.5) is 13.2 Å². The van der Waals surface area contributed by atoms with Crippen molar-refractivity contribution in [1.82, 2.24) is 9.80 Å². The van der Waals surface area contributed by atoms with E-state index >= 15 is 0 Å². The monoisotopic (exact) mass is 390 g/mol. The number of rotatable bonds is 7. The number of ether oxygens (including phenoxy) is 1. The van der Waals surface area contributed by atoms with Crippen molar-refractivity contribution in [1.29, 1.82) is 0 Å². The van der Waals surface area contributed by atoms with E-state index in [9.17, 15) is 18.0 Å². The summed E-state index contributed by atoms with van der Waals surface area (Å²) in [5, 5.41) is 0. The highest BCUT2D eigenvalue weighted by molar-refractivity contribution is 6.04. The summed E-state index contributed by atoms with van der Waals surface area (Å²) in [5.74, 6) is -0.412. The van der Waals surface area contributed by atoms with Gasteiger partial charge in [-0.2, -0.15) is 8.78 Å². The Morgan fingerprint density at radius 1 is 1.00 bits per heavy atom. The molecule has 2 aromatic carbocycles. The van der Waals surface area contributed by atoms with Gasteiger partial charge in [0, 0.05) is 50.6 Å². The van der Waals surface area contributed by atoms with Gasteiger partial charge in [0.15, 0.2) is 5.78 Å². The van der Waals surface area contributed by atoms with Crippen molar-refractivity contribution >= 4 is 5.78 Å². The Kier molecular flexibility index (Phi) is 6.71. The van der Waals surface area contributed by atoms with Crippen molar-refractivity contribution in [3.8, 4) is 5.75 Å². The lowest BCUT2D eigenvalue weighted by Crippen LogP contribution is -2.43. The summed E-state index contributed by atoms with van der Waals surface area (Å²) in [6, 6.07) is 12.1. The Bertz CT molecular complexity index is 799. The zero-order chi connectivity index (χ0) is 19.9. The summed E-state index contributed by atoms with van der Waals surface area (Å²) < 4.78 is 41.5. The summed E-state index contributed by atoms with van der Waals surface area (Å²) in [6.07, 6.45) is 3.25. The predicted octanol–water partition coefficient (Wildman–Crippen LogP) is 3.94. The number of hydrogen-bond acceptors (Lipinski definition) is 4. The molecule has 148 valence electrons. The third-order valence-electron chi connectivity index (χ3n) is 4.53. The van der Waals surface area contributed by atoms with E-state index in [0.29, 0.717) is 5.56 Å². The minimum atomic E-state index is -2.89. The van der Waals surface area contributed by atoms with E-state index < -0.39 is 6.61 Å². The molecule has 0 saturated carbocycles. The van der Waals surface area contributed by atoms with Gasteiger partial charge in [-0.05, 0) is 42.0 Å². The number of alkyl halides is 2. The van der Waals surface area contributed by atoms with Crippen LogP contribution in [0.1, 0.15) is 15.9 Å². The lowest BCUT2D eigenvalue weighted by molar-refractivity contribution is -0.0498. The van der Waals surface area contributed by atoms with Crippen molar-refractivity contribution in [2.24, 2.45) is 0 Å². The zero-order valence-corrected chi connectivity index (χ0v) is 15.2. The third-order valence-corrected chi connectivity index (χ3v) is 4.53. The van der Waals surface area contributed by atoms with Gasteiger partial charge in [0.1, 0.15) is 11.6 Å². The fourth-order valence-corrected chi connectivity index (χ4v) is 2.99. The highest BCUT2D eigenvalue weighted by Gasteiger charge is 2.15. The van der Waals surface area contributed by atoms with E-state index in [1.54, 1.807) is 18.3 Å². The standard InChI is InChI=1S/C21H21F3N2O2/c22-18-5-1-16(2-6-18)15-26-13-11-25(12-14-26)10-9-20(27)17-3-7-19(8-4-17)28-21(23)24/h1-10,21H,11-15H2/b10-9+. The summed E-state index contributed by atoms with van der Waals surface area (Å²) in [6.45, 7) is 1.14. The second-order valence-corrected chi connectivity index (χ2v) is 6.52. The summed E-state index contributed by atoms with van der Waals surface area (Å²) in [4.78, 5) is 16.6. The average Bonchev–Trinajstić information content (AvgIpc) is 2.69. The summed E-state index contributed by atoms with van der Waals surface area (Å²) in [5.41, 5.74) is 1.48. The van der Waals surface area contributed by atoms with Crippen molar-refractivity contribution < 1.29 is 22.7 Å². The van der Waals surface area contributed by atoms with Crippen LogP contribution in [-0.2, 0) is 6.54 Å². The molecule has 0 spiro atoms. The highest BCUT2D eigenvalue weighted by atomic mass is 19.3. The van der Waals surface area contributed by atoms with Crippen molar-refractivity contribution in [2.75, 3.05) is 26.2 Å². The smallest absolute Gasteiger partial charge is 0.387 e. The lowest BCUT2D eigenvalue weighted by atomic mass is 10.1. The number of ketones is 1. The van der Waals surface area contributed by atoms with Gasteiger partial charge >= 0.3 is 6.61 Å². The van der Waals surface area contributed by atoms with Gasteiger partial charge in [0.05, 0.1) is 0 Å². The Balaban J connectivity index is 1.46. The van der Waals surface area contributed by atoms with Crippen LogP contribution < -0.4 is 4.74 Å². The van der Waals surface area contributed by atoms with Crippen LogP contribution >= 0.6 is 0 Å². The topological polar surface area (TPSA) is 32.8 Å². The second kappa shape index (κ2) is 9.41. The molecule has 0 unspecified atom stereocenters. The number of halogens is 3. The van der Waals surface area contributed by atoms with Crippen LogP contribution in [0.2, 0.25) is 0 Å². The van der Waals surface area contributed by atoms with Gasteiger partial charge in [-0.15, -0.1) is 0 Å². The maximum Gasteiger partial charge on any atom is 0.387 e. The molecule has 1 fully saturated rings. The Morgan fingerprint density at radius 3 is 2.25 bits per heavy atom. The summed E-state index contributed by atoms with van der Waals surface area (Å²) in [7, 11) is 0. The van der Waals surface area contributed by atoms with E-state index in [1.165, 1.54) is 42.5 Å². The molecule has 7 heteroatoms. The molecule has 3 rings (SSSR count). The van der Waals surface area contributed by atoms with Crippen LogP contribution in [-0.4, -0.2) is 48.4 Å². The van der Waals surface area contributed by atoms with E-state index in [2.05, 4.69) is 14.5 Å². The molecule has 0 bridgehead atoms. The van der Waals surface area contributed by atoms with E-state index in [-0.39, 0.29) is 17.3 Å². The predicted molar refractivity (Wildman–Crippen MR) is 99.8 cm³/mol. The SMILES string of the molecule is O=C(/C=C/N1CCN(Cc2ccc(F)cc2)CC1)c1ccc(OC(F)F)cc1. The van der Waals surface area contributed by atoms with E-state index in [4.69, 9.17) is 0 Å². The number of allylic oxidation sites excluding steroid dienone is 1. The zero-order valence-electron chi connectivity index (χ0n) is 15.2. The third kappa shape index (κ3) is 5.85. The van der Waals surface area contributed by atoms with Crippen LogP contribution in [0, 0.1) is 5.82 Å². The van der Waals surface area contributed by atoms with Crippen LogP contribution in [0.25, 0.3) is 0 Å². The molecule has 28 heavy (non-hydrogen) atoms. The van der Waals surface area contributed by atoms with Crippen LogP contribution in [0.3, 0.4) is 0 Å². The number of piperazine rings is 1. The number of benzene rings is 2. The minimum Gasteiger partial charge on any atom is -0.435 e. The molecular weight excluding hydrogens is 369 g/mol. The maximum absolute atomic E-state index is 13.0. The molecule has 0 atom stereocenters.